The molecule has 0 aliphatic rings. The molecular weight excluding hydrogens is 342 g/mol. The lowest BCUT2D eigenvalue weighted by atomic mass is 9.82. The minimum absolute atomic E-state index is 0.0867. The van der Waals surface area contributed by atoms with Crippen molar-refractivity contribution in [1.82, 2.24) is 4.98 Å². The fourth-order valence-electron chi connectivity index (χ4n) is 3.37. The third-order valence-electron chi connectivity index (χ3n) is 4.62. The number of hydrogen-bond donors (Lipinski definition) is 0. The van der Waals surface area contributed by atoms with Gasteiger partial charge in [-0.25, -0.2) is 0 Å². The third kappa shape index (κ3) is 2.86. The Balaban J connectivity index is 2.04. The van der Waals surface area contributed by atoms with Crippen molar-refractivity contribution < 1.29 is 0 Å². The lowest BCUT2D eigenvalue weighted by Gasteiger charge is -2.22. The number of benzene rings is 2. The zero-order valence-electron chi connectivity index (χ0n) is 15.0. The first-order chi connectivity index (χ1) is 12.0. The highest BCUT2D eigenvalue weighted by molar-refractivity contribution is 7.99. The van der Waals surface area contributed by atoms with Gasteiger partial charge in [0.2, 0.25) is 0 Å². The maximum absolute atomic E-state index is 4.76. The molecule has 126 valence electrons. The standard InChI is InChI=1S/C22H21NS2/c1-22(2,3)18-12-15(11-14-7-5-6-8-16(14)18)20-21-17(9-10-23-20)19(24-4)13-25-21/h5-13H,1-4H3. The van der Waals surface area contributed by atoms with Crippen molar-refractivity contribution >= 4 is 44.0 Å². The average molecular weight is 364 g/mol. The second-order valence-corrected chi connectivity index (χ2v) is 9.06. The van der Waals surface area contributed by atoms with Crippen LogP contribution in [-0.2, 0) is 5.41 Å². The van der Waals surface area contributed by atoms with E-state index in [1.807, 2.05) is 6.20 Å². The molecule has 0 N–H and O–H groups in total. The van der Waals surface area contributed by atoms with Gasteiger partial charge in [-0.2, -0.15) is 0 Å². The summed E-state index contributed by atoms with van der Waals surface area (Å²) in [6.07, 6.45) is 4.07. The lowest BCUT2D eigenvalue weighted by molar-refractivity contribution is 0.596. The quantitative estimate of drug-likeness (QED) is 0.351. The number of aromatic nitrogens is 1. The van der Waals surface area contributed by atoms with Gasteiger partial charge in [-0.05, 0) is 46.2 Å². The van der Waals surface area contributed by atoms with Crippen LogP contribution in [0.3, 0.4) is 0 Å². The molecule has 0 spiro atoms. The number of fused-ring (bicyclic) bond motifs is 2. The van der Waals surface area contributed by atoms with Gasteiger partial charge < -0.3 is 0 Å². The Morgan fingerprint density at radius 2 is 1.80 bits per heavy atom. The molecule has 0 bridgehead atoms. The highest BCUT2D eigenvalue weighted by Crippen LogP contribution is 2.40. The molecule has 0 unspecified atom stereocenters. The Morgan fingerprint density at radius 1 is 1.00 bits per heavy atom. The molecule has 0 radical (unpaired) electrons. The van der Waals surface area contributed by atoms with Gasteiger partial charge in [-0.1, -0.05) is 45.0 Å². The predicted octanol–water partition coefficient (Wildman–Crippen LogP) is 7.14. The fraction of sp³-hybridized carbons (Fsp3) is 0.227. The Bertz CT molecular complexity index is 1070. The maximum atomic E-state index is 4.76. The first-order valence-corrected chi connectivity index (χ1v) is 10.5. The minimum Gasteiger partial charge on any atom is -0.255 e. The molecule has 0 amide bonds. The zero-order valence-corrected chi connectivity index (χ0v) is 16.6. The van der Waals surface area contributed by atoms with E-state index in [-0.39, 0.29) is 5.41 Å². The van der Waals surface area contributed by atoms with Crippen LogP contribution in [0.4, 0.5) is 0 Å². The summed E-state index contributed by atoms with van der Waals surface area (Å²) in [4.78, 5) is 6.09. The summed E-state index contributed by atoms with van der Waals surface area (Å²) >= 11 is 3.60. The normalized spacial score (nSPS) is 12.2. The molecule has 0 aliphatic carbocycles. The van der Waals surface area contributed by atoms with E-state index in [4.69, 9.17) is 4.98 Å². The van der Waals surface area contributed by atoms with Crippen LogP contribution in [0, 0.1) is 0 Å². The highest BCUT2D eigenvalue weighted by Gasteiger charge is 2.19. The van der Waals surface area contributed by atoms with Gasteiger partial charge in [0.25, 0.3) is 0 Å². The van der Waals surface area contributed by atoms with Crippen molar-refractivity contribution in [2.45, 2.75) is 31.1 Å². The fourth-order valence-corrected chi connectivity index (χ4v) is 5.29. The predicted molar refractivity (Wildman–Crippen MR) is 113 cm³/mol. The number of thioether (sulfide) groups is 1. The van der Waals surface area contributed by atoms with Crippen LogP contribution < -0.4 is 0 Å². The molecule has 25 heavy (non-hydrogen) atoms. The summed E-state index contributed by atoms with van der Waals surface area (Å²) in [7, 11) is 0. The summed E-state index contributed by atoms with van der Waals surface area (Å²) in [5.41, 5.74) is 3.77. The van der Waals surface area contributed by atoms with Gasteiger partial charge in [0.05, 0.1) is 10.4 Å². The summed E-state index contributed by atoms with van der Waals surface area (Å²) in [5.74, 6) is 0. The molecule has 2 aromatic carbocycles. The minimum atomic E-state index is 0.0867. The van der Waals surface area contributed by atoms with E-state index in [1.165, 1.54) is 36.9 Å². The first-order valence-electron chi connectivity index (χ1n) is 8.43. The van der Waals surface area contributed by atoms with Crippen molar-refractivity contribution in [3.8, 4) is 11.3 Å². The second-order valence-electron chi connectivity index (χ2n) is 7.34. The number of rotatable bonds is 2. The maximum Gasteiger partial charge on any atom is 0.0880 e. The van der Waals surface area contributed by atoms with Gasteiger partial charge in [-0.3, -0.25) is 4.98 Å². The molecule has 0 atom stereocenters. The Labute approximate surface area is 157 Å². The van der Waals surface area contributed by atoms with Crippen molar-refractivity contribution in [1.29, 1.82) is 0 Å². The van der Waals surface area contributed by atoms with Gasteiger partial charge in [0.1, 0.15) is 0 Å². The number of thiophene rings is 1. The molecule has 0 saturated carbocycles. The number of pyridine rings is 1. The van der Waals surface area contributed by atoms with E-state index >= 15 is 0 Å². The number of hydrogen-bond acceptors (Lipinski definition) is 3. The van der Waals surface area contributed by atoms with Gasteiger partial charge in [0.15, 0.2) is 0 Å². The van der Waals surface area contributed by atoms with Crippen LogP contribution in [0.15, 0.2) is 58.9 Å². The van der Waals surface area contributed by atoms with Gasteiger partial charge in [-0.15, -0.1) is 23.1 Å². The van der Waals surface area contributed by atoms with Crippen molar-refractivity contribution in [2.75, 3.05) is 6.26 Å². The van der Waals surface area contributed by atoms with Crippen molar-refractivity contribution in [2.24, 2.45) is 0 Å². The van der Waals surface area contributed by atoms with E-state index in [0.717, 1.165) is 5.69 Å². The van der Waals surface area contributed by atoms with Crippen molar-refractivity contribution in [3.63, 3.8) is 0 Å². The highest BCUT2D eigenvalue weighted by atomic mass is 32.2. The topological polar surface area (TPSA) is 12.9 Å². The summed E-state index contributed by atoms with van der Waals surface area (Å²) in [5, 5.41) is 6.17. The first kappa shape index (κ1) is 16.6. The summed E-state index contributed by atoms with van der Waals surface area (Å²) in [6.45, 7) is 6.84. The molecule has 1 nitrogen and oxygen atoms in total. The van der Waals surface area contributed by atoms with Crippen LogP contribution in [-0.4, -0.2) is 11.2 Å². The SMILES string of the molecule is CSc1csc2c(-c3cc(C(C)(C)C)c4ccccc4c3)nccc12. The third-order valence-corrected chi connectivity index (χ3v) is 6.55. The average Bonchev–Trinajstić information content (AvgIpc) is 3.03. The monoisotopic (exact) mass is 363 g/mol. The van der Waals surface area contributed by atoms with E-state index in [0.29, 0.717) is 0 Å². The van der Waals surface area contributed by atoms with Crippen LogP contribution in [0.25, 0.3) is 32.1 Å². The summed E-state index contributed by atoms with van der Waals surface area (Å²) < 4.78 is 1.28. The molecule has 2 heterocycles. The Hall–Kier alpha value is -1.84. The molecule has 0 saturated heterocycles. The summed E-state index contributed by atoms with van der Waals surface area (Å²) in [6, 6.07) is 15.4. The molecule has 4 aromatic rings. The lowest BCUT2D eigenvalue weighted by Crippen LogP contribution is -2.12. The van der Waals surface area contributed by atoms with Gasteiger partial charge >= 0.3 is 0 Å². The van der Waals surface area contributed by atoms with Crippen molar-refractivity contribution in [3.05, 3.63) is 59.6 Å². The Morgan fingerprint density at radius 3 is 2.56 bits per heavy atom. The van der Waals surface area contributed by atoms with Crippen LogP contribution in [0.5, 0.6) is 0 Å². The molecule has 2 aromatic heterocycles. The Kier molecular flexibility index (Phi) is 4.09. The van der Waals surface area contributed by atoms with E-state index in [9.17, 15) is 0 Å². The number of nitrogens with zero attached hydrogens (tertiary/aromatic N) is 1. The van der Waals surface area contributed by atoms with E-state index in [1.54, 1.807) is 23.1 Å². The molecule has 3 heteroatoms. The smallest absolute Gasteiger partial charge is 0.0880 e. The molecule has 0 aliphatic heterocycles. The van der Waals surface area contributed by atoms with E-state index in [2.05, 4.69) is 74.9 Å². The van der Waals surface area contributed by atoms with Gasteiger partial charge in [0, 0.05) is 27.4 Å². The molecule has 4 rings (SSSR count). The zero-order chi connectivity index (χ0) is 17.6. The van der Waals surface area contributed by atoms with Crippen LogP contribution in [0.2, 0.25) is 0 Å². The molecular formula is C22H21NS2. The van der Waals surface area contributed by atoms with E-state index < -0.39 is 0 Å². The largest absolute Gasteiger partial charge is 0.255 e. The van der Waals surface area contributed by atoms with Crippen LogP contribution in [0.1, 0.15) is 26.3 Å². The second kappa shape index (κ2) is 6.15. The molecule has 0 fully saturated rings. The van der Waals surface area contributed by atoms with Crippen LogP contribution >= 0.6 is 23.1 Å².